The van der Waals surface area contributed by atoms with E-state index >= 15 is 0 Å². The highest BCUT2D eigenvalue weighted by Crippen LogP contribution is 1.97. The molecule has 0 fully saturated rings. The summed E-state index contributed by atoms with van der Waals surface area (Å²) in [5, 5.41) is 3.83. The lowest BCUT2D eigenvalue weighted by molar-refractivity contribution is 0.0816. The fourth-order valence-electron chi connectivity index (χ4n) is 0.740. The van der Waals surface area contributed by atoms with Crippen molar-refractivity contribution in [2.45, 2.75) is 0 Å². The van der Waals surface area contributed by atoms with E-state index in [0.29, 0.717) is 5.69 Å². The van der Waals surface area contributed by atoms with Gasteiger partial charge in [0.25, 0.3) is 5.91 Å². The van der Waals surface area contributed by atoms with E-state index in [1.165, 1.54) is 15.8 Å². The molecule has 0 N–H and O–H groups in total. The summed E-state index contributed by atoms with van der Waals surface area (Å²) in [6, 6.07) is 2.75. The van der Waals surface area contributed by atoms with Gasteiger partial charge in [0.1, 0.15) is 5.69 Å². The summed E-state index contributed by atoms with van der Waals surface area (Å²) in [4.78, 5) is 12.8. The molecular weight excluding hydrogens is 142 g/mol. The zero-order chi connectivity index (χ0) is 8.43. The van der Waals surface area contributed by atoms with Gasteiger partial charge >= 0.3 is 0 Å². The molecule has 11 heavy (non-hydrogen) atoms. The summed E-state index contributed by atoms with van der Waals surface area (Å²) in [5.74, 6) is -0.0787. The van der Waals surface area contributed by atoms with Crippen LogP contribution < -0.4 is 0 Å². The van der Waals surface area contributed by atoms with Crippen LogP contribution in [0.25, 0.3) is 0 Å². The van der Waals surface area contributed by atoms with E-state index in [9.17, 15) is 4.79 Å². The molecule has 0 saturated carbocycles. The average molecular weight is 152 g/mol. The van der Waals surface area contributed by atoms with Crippen molar-refractivity contribution in [2.75, 3.05) is 14.1 Å². The molecule has 1 rings (SSSR count). The van der Waals surface area contributed by atoms with Crippen LogP contribution in [0.2, 0.25) is 0 Å². The number of amides is 1. The maximum Gasteiger partial charge on any atom is 0.272 e. The highest BCUT2D eigenvalue weighted by molar-refractivity contribution is 5.91. The first-order chi connectivity index (χ1) is 5.13. The van der Waals surface area contributed by atoms with Gasteiger partial charge in [0.2, 0.25) is 0 Å². The van der Waals surface area contributed by atoms with Crippen molar-refractivity contribution in [2.24, 2.45) is 7.05 Å². The molecule has 0 bridgehead atoms. The Balaban J connectivity index is 2.93. The number of rotatable bonds is 1. The number of hydrogen-bond acceptors (Lipinski definition) is 2. The molecule has 0 aliphatic carbocycles. The molecule has 0 atom stereocenters. The molecule has 4 nitrogen and oxygen atoms in total. The lowest BCUT2D eigenvalue weighted by Gasteiger charge is -2.08. The largest absolute Gasteiger partial charge is 0.343 e. The zero-order valence-electron chi connectivity index (χ0n) is 6.83. The number of aryl methyl sites for hydroxylation is 1. The summed E-state index contributed by atoms with van der Waals surface area (Å²) in [6.07, 6.45) is 1.48. The normalized spacial score (nSPS) is 9.73. The summed E-state index contributed by atoms with van der Waals surface area (Å²) in [6.45, 7) is 0. The summed E-state index contributed by atoms with van der Waals surface area (Å²) >= 11 is 0. The van der Waals surface area contributed by atoms with E-state index in [2.05, 4.69) is 11.2 Å². The van der Waals surface area contributed by atoms with Crippen molar-refractivity contribution in [3.05, 3.63) is 18.0 Å². The van der Waals surface area contributed by atoms with E-state index in [0.717, 1.165) is 0 Å². The molecule has 1 heterocycles. The third kappa shape index (κ3) is 1.39. The molecule has 1 radical (unpaired) electrons. The Morgan fingerprint density at radius 3 is 2.73 bits per heavy atom. The van der Waals surface area contributed by atoms with Crippen molar-refractivity contribution in [1.29, 1.82) is 0 Å². The van der Waals surface area contributed by atoms with E-state index < -0.39 is 0 Å². The summed E-state index contributed by atoms with van der Waals surface area (Å²) in [5.41, 5.74) is 0.481. The van der Waals surface area contributed by atoms with Gasteiger partial charge in [-0.15, -0.1) is 0 Å². The fraction of sp³-hybridized carbons (Fsp3) is 0.429. The monoisotopic (exact) mass is 152 g/mol. The maximum absolute atomic E-state index is 11.3. The summed E-state index contributed by atoms with van der Waals surface area (Å²) < 4.78 is 1.50. The highest BCUT2D eigenvalue weighted by Gasteiger charge is 2.11. The number of aromatic nitrogens is 2. The van der Waals surface area contributed by atoms with Gasteiger partial charge in [0.15, 0.2) is 0 Å². The molecule has 4 heteroatoms. The SMILES string of the molecule is CN(C)C(=O)c1[c]cnn1C. The minimum Gasteiger partial charge on any atom is -0.343 e. The summed E-state index contributed by atoms with van der Waals surface area (Å²) in [7, 11) is 5.11. The Morgan fingerprint density at radius 2 is 2.36 bits per heavy atom. The smallest absolute Gasteiger partial charge is 0.272 e. The first kappa shape index (κ1) is 7.78. The van der Waals surface area contributed by atoms with Crippen LogP contribution in [0.5, 0.6) is 0 Å². The number of carbonyl (C=O) groups excluding carboxylic acids is 1. The Labute approximate surface area is 65.4 Å². The van der Waals surface area contributed by atoms with Crippen LogP contribution in [0.3, 0.4) is 0 Å². The molecule has 1 aromatic rings. The van der Waals surface area contributed by atoms with Crippen LogP contribution in [0, 0.1) is 6.07 Å². The minimum atomic E-state index is -0.0787. The van der Waals surface area contributed by atoms with Crippen LogP contribution in [0.15, 0.2) is 6.20 Å². The van der Waals surface area contributed by atoms with Crippen molar-refractivity contribution in [1.82, 2.24) is 14.7 Å². The number of carbonyl (C=O) groups is 1. The van der Waals surface area contributed by atoms with Gasteiger partial charge in [-0.05, 0) is 0 Å². The van der Waals surface area contributed by atoms with Gasteiger partial charge in [0, 0.05) is 27.2 Å². The predicted octanol–water partition coefficient (Wildman–Crippen LogP) is -0.0779. The quantitative estimate of drug-likeness (QED) is 0.564. The van der Waals surface area contributed by atoms with Crippen LogP contribution in [0.1, 0.15) is 10.5 Å². The van der Waals surface area contributed by atoms with Crippen molar-refractivity contribution in [3.8, 4) is 0 Å². The Bertz CT molecular complexity index is 264. The Morgan fingerprint density at radius 1 is 1.73 bits per heavy atom. The van der Waals surface area contributed by atoms with Gasteiger partial charge in [-0.2, -0.15) is 5.10 Å². The van der Waals surface area contributed by atoms with E-state index in [1.807, 2.05) is 0 Å². The molecule has 0 unspecified atom stereocenters. The lowest BCUT2D eigenvalue weighted by atomic mass is 10.4. The van der Waals surface area contributed by atoms with Gasteiger partial charge in [-0.3, -0.25) is 9.48 Å². The second-order valence-corrected chi connectivity index (χ2v) is 2.46. The predicted molar refractivity (Wildman–Crippen MR) is 40.1 cm³/mol. The number of nitrogens with zero attached hydrogens (tertiary/aromatic N) is 3. The van der Waals surface area contributed by atoms with Crippen molar-refractivity contribution >= 4 is 5.91 Å². The van der Waals surface area contributed by atoms with Gasteiger partial charge in [-0.25, -0.2) is 0 Å². The zero-order valence-corrected chi connectivity index (χ0v) is 6.83. The van der Waals surface area contributed by atoms with E-state index in [1.54, 1.807) is 21.1 Å². The highest BCUT2D eigenvalue weighted by atomic mass is 16.2. The second kappa shape index (κ2) is 2.74. The van der Waals surface area contributed by atoms with E-state index in [-0.39, 0.29) is 5.91 Å². The molecule has 1 amide bonds. The van der Waals surface area contributed by atoms with Crippen LogP contribution in [-0.2, 0) is 7.05 Å². The molecule has 0 aliphatic heterocycles. The molecule has 1 aromatic heterocycles. The van der Waals surface area contributed by atoms with Crippen molar-refractivity contribution < 1.29 is 4.79 Å². The Kier molecular flexibility index (Phi) is 1.94. The van der Waals surface area contributed by atoms with Gasteiger partial charge in [0.05, 0.1) is 6.20 Å². The molecule has 0 aromatic carbocycles. The van der Waals surface area contributed by atoms with Gasteiger partial charge < -0.3 is 4.90 Å². The molecule has 0 aliphatic rings. The first-order valence-corrected chi connectivity index (χ1v) is 3.24. The van der Waals surface area contributed by atoms with Crippen LogP contribution in [-0.4, -0.2) is 34.7 Å². The molecule has 59 valence electrons. The fourth-order valence-corrected chi connectivity index (χ4v) is 0.740. The van der Waals surface area contributed by atoms with E-state index in [4.69, 9.17) is 0 Å². The average Bonchev–Trinajstić information content (AvgIpc) is 2.33. The maximum atomic E-state index is 11.3. The van der Waals surface area contributed by atoms with Crippen LogP contribution in [0.4, 0.5) is 0 Å². The Hall–Kier alpha value is -1.32. The molecular formula is C7H10N3O. The van der Waals surface area contributed by atoms with Crippen LogP contribution >= 0.6 is 0 Å². The third-order valence-electron chi connectivity index (χ3n) is 1.36. The second-order valence-electron chi connectivity index (χ2n) is 2.46. The third-order valence-corrected chi connectivity index (χ3v) is 1.36. The van der Waals surface area contributed by atoms with Crippen molar-refractivity contribution in [3.63, 3.8) is 0 Å². The molecule has 0 spiro atoms. The topological polar surface area (TPSA) is 38.1 Å². The molecule has 0 saturated heterocycles. The minimum absolute atomic E-state index is 0.0787. The standard InChI is InChI=1S/C7H10N3O/c1-9(2)7(11)6-4-5-8-10(6)3/h5H,1-3H3. The number of hydrogen-bond donors (Lipinski definition) is 0. The lowest BCUT2D eigenvalue weighted by Crippen LogP contribution is -2.24. The first-order valence-electron chi connectivity index (χ1n) is 3.24. The van der Waals surface area contributed by atoms with Gasteiger partial charge in [-0.1, -0.05) is 0 Å².